The molecule has 2 aliphatic rings. The molecule has 1 heterocycles. The second-order valence-electron chi connectivity index (χ2n) is 7.28. The third-order valence-electron chi connectivity index (χ3n) is 5.38. The minimum absolute atomic E-state index is 0. The fraction of sp³-hybridized carbons (Fsp3) is 0.947. The third-order valence-corrected chi connectivity index (χ3v) is 5.38. The SMILES string of the molecule is CCCC(=O)O.CCCCN1CCC(O)(C2CCCCC2)CC1.Cl. The average Bonchev–Trinajstić information content (AvgIpc) is 2.56. The van der Waals surface area contributed by atoms with Gasteiger partial charge in [0.15, 0.2) is 0 Å². The minimum atomic E-state index is -0.711. The Labute approximate surface area is 154 Å². The van der Waals surface area contributed by atoms with Gasteiger partial charge in [0, 0.05) is 19.5 Å². The summed E-state index contributed by atoms with van der Waals surface area (Å²) in [4.78, 5) is 12.1. The van der Waals surface area contributed by atoms with E-state index in [9.17, 15) is 9.90 Å². The smallest absolute Gasteiger partial charge is 0.303 e. The van der Waals surface area contributed by atoms with Crippen LogP contribution in [0.25, 0.3) is 0 Å². The molecule has 144 valence electrons. The number of aliphatic carboxylic acids is 1. The lowest BCUT2D eigenvalue weighted by Gasteiger charge is -2.44. The molecule has 2 fully saturated rings. The molecule has 1 saturated carbocycles. The summed E-state index contributed by atoms with van der Waals surface area (Å²) in [7, 11) is 0. The number of piperidine rings is 1. The normalized spacial score (nSPS) is 21.3. The van der Waals surface area contributed by atoms with Crippen molar-refractivity contribution in [2.24, 2.45) is 5.92 Å². The molecular formula is C19H38ClNO3. The summed E-state index contributed by atoms with van der Waals surface area (Å²) in [6.07, 6.45) is 12.2. The largest absolute Gasteiger partial charge is 0.481 e. The second-order valence-corrected chi connectivity index (χ2v) is 7.28. The van der Waals surface area contributed by atoms with Crippen LogP contribution in [-0.2, 0) is 4.79 Å². The topological polar surface area (TPSA) is 60.8 Å². The molecule has 0 unspecified atom stereocenters. The summed E-state index contributed by atoms with van der Waals surface area (Å²) in [5, 5.41) is 18.7. The van der Waals surface area contributed by atoms with Crippen LogP contribution in [0.4, 0.5) is 0 Å². The Balaban J connectivity index is 0.000000655. The molecule has 1 aliphatic heterocycles. The molecular weight excluding hydrogens is 326 g/mol. The zero-order valence-corrected chi connectivity index (χ0v) is 16.5. The summed E-state index contributed by atoms with van der Waals surface area (Å²) in [6, 6.07) is 0. The van der Waals surface area contributed by atoms with E-state index < -0.39 is 5.97 Å². The van der Waals surface area contributed by atoms with Crippen LogP contribution < -0.4 is 0 Å². The summed E-state index contributed by atoms with van der Waals surface area (Å²) < 4.78 is 0. The fourth-order valence-corrected chi connectivity index (χ4v) is 3.81. The molecule has 2 N–H and O–H groups in total. The van der Waals surface area contributed by atoms with Crippen molar-refractivity contribution >= 4 is 18.4 Å². The molecule has 4 nitrogen and oxygen atoms in total. The van der Waals surface area contributed by atoms with Crippen molar-refractivity contribution in [2.75, 3.05) is 19.6 Å². The number of carbonyl (C=O) groups is 1. The van der Waals surface area contributed by atoms with Crippen LogP contribution in [-0.4, -0.2) is 46.3 Å². The van der Waals surface area contributed by atoms with Crippen molar-refractivity contribution in [1.82, 2.24) is 4.90 Å². The van der Waals surface area contributed by atoms with Crippen LogP contribution in [0.1, 0.15) is 84.5 Å². The Kier molecular flexibility index (Phi) is 12.8. The van der Waals surface area contributed by atoms with Gasteiger partial charge in [0.25, 0.3) is 0 Å². The summed E-state index contributed by atoms with van der Waals surface area (Å²) >= 11 is 0. The maximum absolute atomic E-state index is 10.8. The molecule has 5 heteroatoms. The molecule has 2 rings (SSSR count). The van der Waals surface area contributed by atoms with Crippen LogP contribution in [0.15, 0.2) is 0 Å². The highest BCUT2D eigenvalue weighted by Crippen LogP contribution is 2.38. The maximum Gasteiger partial charge on any atom is 0.303 e. The lowest BCUT2D eigenvalue weighted by molar-refractivity contribution is -0.137. The first-order valence-electron chi connectivity index (χ1n) is 9.68. The standard InChI is InChI=1S/C15H29NO.C4H8O2.ClH/c1-2-3-11-16-12-9-15(17,10-13-16)14-7-5-4-6-8-14;1-2-3-4(5)6;/h14,17H,2-13H2,1H3;2-3H2,1H3,(H,5,6);1H. The first-order valence-corrected chi connectivity index (χ1v) is 9.68. The molecule has 0 aromatic rings. The van der Waals surface area contributed by atoms with E-state index in [-0.39, 0.29) is 18.0 Å². The highest BCUT2D eigenvalue weighted by atomic mass is 35.5. The average molecular weight is 364 g/mol. The van der Waals surface area contributed by atoms with E-state index in [0.717, 1.165) is 32.4 Å². The predicted octanol–water partition coefficient (Wildman–Crippen LogP) is 4.49. The van der Waals surface area contributed by atoms with Crippen molar-refractivity contribution < 1.29 is 15.0 Å². The molecule has 0 atom stereocenters. The maximum atomic E-state index is 10.8. The molecule has 0 aromatic heterocycles. The number of carboxylic acids is 1. The van der Waals surface area contributed by atoms with E-state index in [1.807, 2.05) is 6.92 Å². The summed E-state index contributed by atoms with van der Waals surface area (Å²) in [5.41, 5.74) is -0.316. The van der Waals surface area contributed by atoms with E-state index >= 15 is 0 Å². The van der Waals surface area contributed by atoms with Gasteiger partial charge >= 0.3 is 5.97 Å². The number of rotatable bonds is 6. The first kappa shape index (κ1) is 23.7. The van der Waals surface area contributed by atoms with Crippen LogP contribution >= 0.6 is 12.4 Å². The monoisotopic (exact) mass is 363 g/mol. The Morgan fingerprint density at radius 1 is 1.08 bits per heavy atom. The number of aliphatic hydroxyl groups is 1. The quantitative estimate of drug-likeness (QED) is 0.730. The second kappa shape index (κ2) is 13.0. The number of hydrogen-bond donors (Lipinski definition) is 2. The number of nitrogens with zero attached hydrogens (tertiary/aromatic N) is 1. The molecule has 0 amide bonds. The van der Waals surface area contributed by atoms with Gasteiger partial charge in [0.2, 0.25) is 0 Å². The molecule has 1 aliphatic carbocycles. The van der Waals surface area contributed by atoms with E-state index in [2.05, 4.69) is 11.8 Å². The zero-order chi connectivity index (χ0) is 17.1. The van der Waals surface area contributed by atoms with Crippen molar-refractivity contribution in [3.05, 3.63) is 0 Å². The lowest BCUT2D eigenvalue weighted by Crippen LogP contribution is -2.49. The third kappa shape index (κ3) is 8.68. The van der Waals surface area contributed by atoms with E-state index in [4.69, 9.17) is 5.11 Å². The highest BCUT2D eigenvalue weighted by molar-refractivity contribution is 5.85. The van der Waals surface area contributed by atoms with Crippen LogP contribution in [0.5, 0.6) is 0 Å². The molecule has 0 radical (unpaired) electrons. The summed E-state index contributed by atoms with van der Waals surface area (Å²) in [6.45, 7) is 7.56. The van der Waals surface area contributed by atoms with Crippen molar-refractivity contribution in [2.45, 2.75) is 90.1 Å². The van der Waals surface area contributed by atoms with Gasteiger partial charge in [-0.3, -0.25) is 4.79 Å². The molecule has 0 aromatic carbocycles. The number of hydrogen-bond acceptors (Lipinski definition) is 3. The highest BCUT2D eigenvalue weighted by Gasteiger charge is 2.39. The number of halogens is 1. The van der Waals surface area contributed by atoms with Gasteiger partial charge in [-0.05, 0) is 51.0 Å². The van der Waals surface area contributed by atoms with Gasteiger partial charge in [-0.2, -0.15) is 0 Å². The van der Waals surface area contributed by atoms with Gasteiger partial charge in [0.05, 0.1) is 5.60 Å². The van der Waals surface area contributed by atoms with Gasteiger partial charge < -0.3 is 15.1 Å². The van der Waals surface area contributed by atoms with Crippen molar-refractivity contribution in [3.63, 3.8) is 0 Å². The minimum Gasteiger partial charge on any atom is -0.481 e. The lowest BCUT2D eigenvalue weighted by atomic mass is 9.72. The van der Waals surface area contributed by atoms with Crippen LogP contribution in [0.2, 0.25) is 0 Å². The van der Waals surface area contributed by atoms with Crippen LogP contribution in [0.3, 0.4) is 0 Å². The molecule has 1 saturated heterocycles. The van der Waals surface area contributed by atoms with E-state index in [1.165, 1.54) is 51.5 Å². The molecule has 24 heavy (non-hydrogen) atoms. The van der Waals surface area contributed by atoms with Gasteiger partial charge in [-0.25, -0.2) is 0 Å². The fourth-order valence-electron chi connectivity index (χ4n) is 3.81. The summed E-state index contributed by atoms with van der Waals surface area (Å²) in [5.74, 6) is -0.109. The van der Waals surface area contributed by atoms with Gasteiger partial charge in [-0.1, -0.05) is 39.5 Å². The first-order chi connectivity index (χ1) is 11.0. The van der Waals surface area contributed by atoms with Gasteiger partial charge in [0.1, 0.15) is 0 Å². The Hall–Kier alpha value is -0.320. The number of carboxylic acid groups (broad SMARTS) is 1. The predicted molar refractivity (Wildman–Crippen MR) is 102 cm³/mol. The Morgan fingerprint density at radius 3 is 2.08 bits per heavy atom. The zero-order valence-electron chi connectivity index (χ0n) is 15.6. The van der Waals surface area contributed by atoms with E-state index in [0.29, 0.717) is 12.3 Å². The van der Waals surface area contributed by atoms with Crippen molar-refractivity contribution in [1.29, 1.82) is 0 Å². The number of unbranched alkanes of at least 4 members (excludes halogenated alkanes) is 1. The van der Waals surface area contributed by atoms with Crippen LogP contribution in [0, 0.1) is 5.92 Å². The molecule has 0 bridgehead atoms. The Bertz CT molecular complexity index is 325. The molecule has 0 spiro atoms. The van der Waals surface area contributed by atoms with Crippen molar-refractivity contribution in [3.8, 4) is 0 Å². The Morgan fingerprint density at radius 2 is 1.67 bits per heavy atom. The van der Waals surface area contributed by atoms with E-state index in [1.54, 1.807) is 0 Å². The number of likely N-dealkylation sites (tertiary alicyclic amines) is 1. The van der Waals surface area contributed by atoms with Gasteiger partial charge in [-0.15, -0.1) is 12.4 Å².